The summed E-state index contributed by atoms with van der Waals surface area (Å²) in [6, 6.07) is 16.2. The Morgan fingerprint density at radius 2 is 1.80 bits per heavy atom. The van der Waals surface area contributed by atoms with E-state index < -0.39 is 0 Å². The van der Waals surface area contributed by atoms with Crippen LogP contribution in [0.4, 0.5) is 0 Å². The Bertz CT molecular complexity index is 871. The molecule has 0 spiro atoms. The molecule has 0 aliphatic carbocycles. The average molecular weight is 349 g/mol. The van der Waals surface area contributed by atoms with E-state index in [0.29, 0.717) is 0 Å². The summed E-state index contributed by atoms with van der Waals surface area (Å²) in [4.78, 5) is 16.4. The van der Waals surface area contributed by atoms with Gasteiger partial charge in [0.1, 0.15) is 0 Å². The zero-order valence-electron chi connectivity index (χ0n) is 14.4. The van der Waals surface area contributed by atoms with E-state index in [0.717, 1.165) is 34.2 Å². The van der Waals surface area contributed by atoms with Crippen molar-refractivity contribution in [1.29, 1.82) is 0 Å². The molecule has 2 nitrogen and oxygen atoms in total. The molecule has 0 unspecified atom stereocenters. The van der Waals surface area contributed by atoms with Gasteiger partial charge >= 0.3 is 0 Å². The van der Waals surface area contributed by atoms with Crippen molar-refractivity contribution < 1.29 is 4.79 Å². The van der Waals surface area contributed by atoms with Crippen molar-refractivity contribution >= 4 is 27.9 Å². The Balaban J connectivity index is 1.50. The van der Waals surface area contributed by atoms with Crippen LogP contribution in [0.3, 0.4) is 0 Å². The predicted octanol–water partition coefficient (Wildman–Crippen LogP) is 5.16. The third-order valence-electron chi connectivity index (χ3n) is 5.08. The summed E-state index contributed by atoms with van der Waals surface area (Å²) in [7, 11) is 0. The Morgan fingerprint density at radius 1 is 1.00 bits per heavy atom. The second-order valence-corrected chi connectivity index (χ2v) is 7.74. The van der Waals surface area contributed by atoms with Gasteiger partial charge in [-0.25, -0.2) is 0 Å². The van der Waals surface area contributed by atoms with Crippen LogP contribution < -0.4 is 0 Å². The van der Waals surface area contributed by atoms with Crippen molar-refractivity contribution in [2.24, 2.45) is 0 Å². The molecule has 128 valence electrons. The highest BCUT2D eigenvalue weighted by atomic mass is 32.1. The highest BCUT2D eigenvalue weighted by Crippen LogP contribution is 2.25. The number of fused-ring (bicyclic) bond motifs is 1. The number of nitrogens with zero attached hydrogens (tertiary/aromatic N) is 1. The first-order chi connectivity index (χ1) is 12.3. The number of hydrogen-bond acceptors (Lipinski definition) is 3. The van der Waals surface area contributed by atoms with Crippen molar-refractivity contribution in [3.05, 3.63) is 69.9 Å². The Kier molecular flexibility index (Phi) is 4.95. The zero-order chi connectivity index (χ0) is 17.1. The van der Waals surface area contributed by atoms with Crippen LogP contribution in [0.5, 0.6) is 0 Å². The first-order valence-electron chi connectivity index (χ1n) is 9.13. The lowest BCUT2D eigenvalue weighted by atomic mass is 10.0. The third-order valence-corrected chi connectivity index (χ3v) is 6.05. The molecule has 0 amide bonds. The van der Waals surface area contributed by atoms with E-state index in [4.69, 9.17) is 0 Å². The summed E-state index contributed by atoms with van der Waals surface area (Å²) < 4.78 is 0. The molecule has 0 saturated carbocycles. The first kappa shape index (κ1) is 16.5. The standard InChI is InChI=1S/C22H23NOS/c24-22(20-10-6-8-18-7-2-3-9-19(18)20)21-15-17(16-25-21)11-14-23-12-4-1-5-13-23/h2-3,6-10,15-16H,1,4-5,11-14H2. The summed E-state index contributed by atoms with van der Waals surface area (Å²) >= 11 is 1.58. The topological polar surface area (TPSA) is 20.3 Å². The first-order valence-corrected chi connectivity index (χ1v) is 10.0. The molecule has 0 atom stereocenters. The fourth-order valence-corrected chi connectivity index (χ4v) is 4.55. The molecule has 1 saturated heterocycles. The van der Waals surface area contributed by atoms with Crippen LogP contribution in [-0.4, -0.2) is 30.3 Å². The summed E-state index contributed by atoms with van der Waals surface area (Å²) in [6.07, 6.45) is 5.07. The van der Waals surface area contributed by atoms with Gasteiger partial charge in [0.25, 0.3) is 0 Å². The molecule has 3 aromatic rings. The smallest absolute Gasteiger partial charge is 0.203 e. The number of piperidine rings is 1. The van der Waals surface area contributed by atoms with Crippen molar-refractivity contribution in [3.8, 4) is 0 Å². The molecule has 1 aliphatic heterocycles. The minimum atomic E-state index is 0.144. The molecule has 0 bridgehead atoms. The number of carbonyl (C=O) groups is 1. The Morgan fingerprint density at radius 3 is 2.68 bits per heavy atom. The Labute approximate surface area is 153 Å². The van der Waals surface area contributed by atoms with Crippen LogP contribution in [0.2, 0.25) is 0 Å². The largest absolute Gasteiger partial charge is 0.303 e. The minimum absolute atomic E-state index is 0.144. The molecular weight excluding hydrogens is 326 g/mol. The van der Waals surface area contributed by atoms with E-state index in [9.17, 15) is 4.79 Å². The van der Waals surface area contributed by atoms with Gasteiger partial charge in [0, 0.05) is 12.1 Å². The monoisotopic (exact) mass is 349 g/mol. The van der Waals surface area contributed by atoms with E-state index in [-0.39, 0.29) is 5.78 Å². The van der Waals surface area contributed by atoms with Crippen LogP contribution in [0, 0.1) is 0 Å². The summed E-state index contributed by atoms with van der Waals surface area (Å²) in [5.74, 6) is 0.144. The highest BCUT2D eigenvalue weighted by molar-refractivity contribution is 7.12. The van der Waals surface area contributed by atoms with Crippen molar-refractivity contribution in [3.63, 3.8) is 0 Å². The lowest BCUT2D eigenvalue weighted by Crippen LogP contribution is -2.31. The number of ketones is 1. The Hall–Kier alpha value is -1.97. The summed E-state index contributed by atoms with van der Waals surface area (Å²) in [5, 5.41) is 4.32. The van der Waals surface area contributed by atoms with Gasteiger partial charge in [-0.3, -0.25) is 4.79 Å². The van der Waals surface area contributed by atoms with Crippen molar-refractivity contribution in [1.82, 2.24) is 4.90 Å². The molecule has 2 aromatic carbocycles. The van der Waals surface area contributed by atoms with E-state index >= 15 is 0 Å². The molecule has 25 heavy (non-hydrogen) atoms. The molecule has 0 radical (unpaired) electrons. The van der Waals surface area contributed by atoms with Crippen molar-refractivity contribution in [2.45, 2.75) is 25.7 Å². The van der Waals surface area contributed by atoms with Crippen LogP contribution >= 0.6 is 11.3 Å². The van der Waals surface area contributed by atoms with E-state index in [1.807, 2.05) is 30.3 Å². The van der Waals surface area contributed by atoms with Crippen LogP contribution in [0.1, 0.15) is 40.1 Å². The number of benzene rings is 2. The fraction of sp³-hybridized carbons (Fsp3) is 0.318. The second kappa shape index (κ2) is 7.51. The average Bonchev–Trinajstić information content (AvgIpc) is 3.15. The number of likely N-dealkylation sites (tertiary alicyclic amines) is 1. The van der Waals surface area contributed by atoms with Gasteiger partial charge in [-0.2, -0.15) is 0 Å². The predicted molar refractivity (Wildman–Crippen MR) is 106 cm³/mol. The van der Waals surface area contributed by atoms with E-state index in [1.165, 1.54) is 37.9 Å². The van der Waals surface area contributed by atoms with Crippen LogP contribution in [0.25, 0.3) is 10.8 Å². The molecule has 3 heteroatoms. The number of rotatable bonds is 5. The maximum atomic E-state index is 13.0. The molecule has 1 fully saturated rings. The van der Waals surface area contributed by atoms with Gasteiger partial charge in [-0.1, -0.05) is 48.9 Å². The SMILES string of the molecule is O=C(c1cc(CCN2CCCCC2)cs1)c1cccc2ccccc12. The molecule has 2 heterocycles. The third kappa shape index (κ3) is 3.68. The lowest BCUT2D eigenvalue weighted by Gasteiger charge is -2.26. The molecule has 1 aliphatic rings. The van der Waals surface area contributed by atoms with E-state index in [1.54, 1.807) is 11.3 Å². The van der Waals surface area contributed by atoms with Crippen LogP contribution in [0.15, 0.2) is 53.9 Å². The van der Waals surface area contributed by atoms with Crippen molar-refractivity contribution in [2.75, 3.05) is 19.6 Å². The molecular formula is C22H23NOS. The minimum Gasteiger partial charge on any atom is -0.303 e. The van der Waals surface area contributed by atoms with Gasteiger partial charge in [0.2, 0.25) is 5.78 Å². The second-order valence-electron chi connectivity index (χ2n) is 6.83. The molecule has 0 N–H and O–H groups in total. The lowest BCUT2D eigenvalue weighted by molar-refractivity contribution is 0.104. The number of thiophene rings is 1. The fourth-order valence-electron chi connectivity index (χ4n) is 3.65. The zero-order valence-corrected chi connectivity index (χ0v) is 15.2. The quantitative estimate of drug-likeness (QED) is 0.593. The van der Waals surface area contributed by atoms with Gasteiger partial charge in [0.15, 0.2) is 0 Å². The maximum Gasteiger partial charge on any atom is 0.203 e. The normalized spacial score (nSPS) is 15.5. The number of hydrogen-bond donors (Lipinski definition) is 0. The van der Waals surface area contributed by atoms with Gasteiger partial charge in [0.05, 0.1) is 4.88 Å². The molecule has 1 aromatic heterocycles. The van der Waals surface area contributed by atoms with Gasteiger partial charge < -0.3 is 4.90 Å². The van der Waals surface area contributed by atoms with E-state index in [2.05, 4.69) is 28.5 Å². The summed E-state index contributed by atoms with van der Waals surface area (Å²) in [6.45, 7) is 3.57. The molecule has 4 rings (SSSR count). The van der Waals surface area contributed by atoms with Gasteiger partial charge in [-0.05, 0) is 60.1 Å². The highest BCUT2D eigenvalue weighted by Gasteiger charge is 2.15. The summed E-state index contributed by atoms with van der Waals surface area (Å²) in [5.41, 5.74) is 2.10. The van der Waals surface area contributed by atoms with Gasteiger partial charge in [-0.15, -0.1) is 11.3 Å². The maximum absolute atomic E-state index is 13.0. The number of carbonyl (C=O) groups excluding carboxylic acids is 1. The van der Waals surface area contributed by atoms with Crippen LogP contribution in [-0.2, 0) is 6.42 Å².